The maximum Gasteiger partial charge on any atom is 0.355 e. The number of rotatable bonds is 6. The smallest absolute Gasteiger partial charge is 0.355 e. The minimum absolute atomic E-state index is 0.00212. The summed E-state index contributed by atoms with van der Waals surface area (Å²) in [7, 11) is 0. The molecule has 0 aliphatic carbocycles. The molecule has 1 aromatic carbocycles. The fourth-order valence-electron chi connectivity index (χ4n) is 2.89. The summed E-state index contributed by atoms with van der Waals surface area (Å²) in [5, 5.41) is -0.0724. The molecule has 0 aliphatic rings. The van der Waals surface area contributed by atoms with Crippen molar-refractivity contribution in [3.05, 3.63) is 76.1 Å². The van der Waals surface area contributed by atoms with E-state index in [1.54, 1.807) is 38.2 Å². The van der Waals surface area contributed by atoms with E-state index in [1.165, 1.54) is 22.9 Å². The summed E-state index contributed by atoms with van der Waals surface area (Å²) in [6.07, 6.45) is 4.21. The topological polar surface area (TPSA) is 87.5 Å². The largest absolute Gasteiger partial charge is 0.462 e. The fraction of sp³-hybridized carbons (Fsp3) is 0.182. The van der Waals surface area contributed by atoms with E-state index in [1.807, 2.05) is 0 Å². The predicted octanol–water partition coefficient (Wildman–Crippen LogP) is 3.27. The molecule has 0 fully saturated rings. The van der Waals surface area contributed by atoms with Crippen LogP contribution in [0.2, 0.25) is 0 Å². The van der Waals surface area contributed by atoms with Gasteiger partial charge in [-0.05, 0) is 50.3 Å². The highest BCUT2D eigenvalue weighted by Crippen LogP contribution is 2.21. The van der Waals surface area contributed by atoms with Gasteiger partial charge in [-0.25, -0.2) is 14.0 Å². The van der Waals surface area contributed by atoms with Crippen molar-refractivity contribution < 1.29 is 23.5 Å². The van der Waals surface area contributed by atoms with Gasteiger partial charge in [0.2, 0.25) is 5.43 Å². The van der Waals surface area contributed by atoms with Crippen LogP contribution in [-0.2, 0) is 14.3 Å². The van der Waals surface area contributed by atoms with E-state index >= 15 is 0 Å². The van der Waals surface area contributed by atoms with Gasteiger partial charge in [0.15, 0.2) is 0 Å². The average molecular weight is 410 g/mol. The Morgan fingerprint density at radius 2 is 1.90 bits per heavy atom. The molecule has 30 heavy (non-hydrogen) atoms. The maximum absolute atomic E-state index is 13.9. The highest BCUT2D eigenvalue weighted by Gasteiger charge is 2.22. The molecule has 2 aromatic heterocycles. The standard InChI is InChI=1S/C22H19FN2O5/c1-3-29-21(27)17-13-25(18-9-8-14(23)11-16(18)20(17)26)19(22(28)30-4-2)12-15-7-5-6-10-24-15/h5-13H,3-4H2,1-2H3/b19-12-. The number of pyridine rings is 2. The van der Waals surface area contributed by atoms with Crippen LogP contribution in [0.25, 0.3) is 22.7 Å². The predicted molar refractivity (Wildman–Crippen MR) is 109 cm³/mol. The van der Waals surface area contributed by atoms with Gasteiger partial charge in [0.05, 0.1) is 24.4 Å². The lowest BCUT2D eigenvalue weighted by atomic mass is 10.1. The monoisotopic (exact) mass is 410 g/mol. The van der Waals surface area contributed by atoms with Crippen molar-refractivity contribution in [2.45, 2.75) is 13.8 Å². The van der Waals surface area contributed by atoms with Gasteiger partial charge in [-0.3, -0.25) is 9.78 Å². The Hall–Kier alpha value is -3.81. The molecule has 8 heteroatoms. The van der Waals surface area contributed by atoms with E-state index in [4.69, 9.17) is 9.47 Å². The van der Waals surface area contributed by atoms with Gasteiger partial charge in [-0.2, -0.15) is 0 Å². The van der Waals surface area contributed by atoms with Crippen LogP contribution in [0.5, 0.6) is 0 Å². The first-order valence-corrected chi connectivity index (χ1v) is 9.28. The van der Waals surface area contributed by atoms with E-state index < -0.39 is 23.2 Å². The van der Waals surface area contributed by atoms with E-state index in [-0.39, 0.29) is 35.4 Å². The van der Waals surface area contributed by atoms with Gasteiger partial charge in [-0.15, -0.1) is 0 Å². The summed E-state index contributed by atoms with van der Waals surface area (Å²) in [4.78, 5) is 42.1. The highest BCUT2D eigenvalue weighted by molar-refractivity contribution is 6.17. The fourth-order valence-corrected chi connectivity index (χ4v) is 2.89. The molecule has 0 unspecified atom stereocenters. The second kappa shape index (κ2) is 9.13. The van der Waals surface area contributed by atoms with Crippen LogP contribution >= 0.6 is 0 Å². The van der Waals surface area contributed by atoms with Crippen LogP contribution in [-0.4, -0.2) is 34.7 Å². The van der Waals surface area contributed by atoms with Crippen LogP contribution in [0.4, 0.5) is 4.39 Å². The zero-order valence-electron chi connectivity index (χ0n) is 16.4. The number of benzene rings is 1. The molecule has 0 N–H and O–H groups in total. The van der Waals surface area contributed by atoms with Gasteiger partial charge in [-0.1, -0.05) is 6.07 Å². The number of carbonyl (C=O) groups is 2. The number of fused-ring (bicyclic) bond motifs is 1. The molecule has 0 bridgehead atoms. The van der Waals surface area contributed by atoms with Crippen LogP contribution in [0.3, 0.4) is 0 Å². The third kappa shape index (κ3) is 4.27. The summed E-state index contributed by atoms with van der Waals surface area (Å²) < 4.78 is 25.3. The second-order valence-corrected chi connectivity index (χ2v) is 6.13. The molecule has 3 aromatic rings. The number of aromatic nitrogens is 2. The Balaban J connectivity index is 2.35. The zero-order valence-corrected chi connectivity index (χ0v) is 16.4. The summed E-state index contributed by atoms with van der Waals surface area (Å²) in [5.74, 6) is -2.23. The molecule has 154 valence electrons. The van der Waals surface area contributed by atoms with Crippen molar-refractivity contribution in [3.63, 3.8) is 0 Å². The Labute approximate surface area is 171 Å². The summed E-state index contributed by atoms with van der Waals surface area (Å²) in [6.45, 7) is 3.41. The van der Waals surface area contributed by atoms with E-state index in [9.17, 15) is 18.8 Å². The van der Waals surface area contributed by atoms with Crippen molar-refractivity contribution in [1.82, 2.24) is 9.55 Å². The summed E-state index contributed by atoms with van der Waals surface area (Å²) >= 11 is 0. The molecule has 0 saturated heterocycles. The zero-order chi connectivity index (χ0) is 21.7. The molecular formula is C22H19FN2O5. The minimum atomic E-state index is -0.872. The van der Waals surface area contributed by atoms with Gasteiger partial charge in [0.25, 0.3) is 0 Å². The van der Waals surface area contributed by atoms with Crippen molar-refractivity contribution in [2.75, 3.05) is 13.2 Å². The molecule has 0 aliphatic heterocycles. The van der Waals surface area contributed by atoms with E-state index in [0.717, 1.165) is 12.1 Å². The Bertz CT molecular complexity index is 1190. The normalized spacial score (nSPS) is 11.4. The van der Waals surface area contributed by atoms with Crippen LogP contribution < -0.4 is 5.43 Å². The maximum atomic E-state index is 13.9. The van der Waals surface area contributed by atoms with Gasteiger partial charge in [0.1, 0.15) is 17.1 Å². The van der Waals surface area contributed by atoms with Crippen LogP contribution in [0.1, 0.15) is 29.9 Å². The lowest BCUT2D eigenvalue weighted by molar-refractivity contribution is -0.136. The van der Waals surface area contributed by atoms with E-state index in [0.29, 0.717) is 5.69 Å². The Kier molecular flexibility index (Phi) is 6.36. The van der Waals surface area contributed by atoms with Gasteiger partial charge < -0.3 is 14.0 Å². The summed E-state index contributed by atoms with van der Waals surface area (Å²) in [6, 6.07) is 8.66. The molecule has 3 rings (SSSR count). The van der Waals surface area contributed by atoms with Gasteiger partial charge >= 0.3 is 11.9 Å². The third-order valence-electron chi connectivity index (χ3n) is 4.18. The molecule has 0 spiro atoms. The molecule has 7 nitrogen and oxygen atoms in total. The molecule has 0 amide bonds. The molecule has 0 radical (unpaired) electrons. The summed E-state index contributed by atoms with van der Waals surface area (Å²) in [5.41, 5.74) is -0.346. The van der Waals surface area contributed by atoms with Crippen molar-refractivity contribution >= 4 is 34.6 Å². The Morgan fingerprint density at radius 1 is 1.13 bits per heavy atom. The first-order valence-electron chi connectivity index (χ1n) is 9.28. The quantitative estimate of drug-likeness (QED) is 0.458. The third-order valence-corrected chi connectivity index (χ3v) is 4.18. The molecular weight excluding hydrogens is 391 g/mol. The number of ether oxygens (including phenoxy) is 2. The Morgan fingerprint density at radius 3 is 2.57 bits per heavy atom. The van der Waals surface area contributed by atoms with Crippen LogP contribution in [0, 0.1) is 5.82 Å². The van der Waals surface area contributed by atoms with Crippen LogP contribution in [0.15, 0.2) is 53.6 Å². The molecule has 2 heterocycles. The minimum Gasteiger partial charge on any atom is -0.462 e. The lowest BCUT2D eigenvalue weighted by Crippen LogP contribution is -2.23. The van der Waals surface area contributed by atoms with Crippen molar-refractivity contribution in [2.24, 2.45) is 0 Å². The van der Waals surface area contributed by atoms with Gasteiger partial charge in [0, 0.05) is 17.8 Å². The number of esters is 2. The van der Waals surface area contributed by atoms with Crippen molar-refractivity contribution in [1.29, 1.82) is 0 Å². The molecule has 0 atom stereocenters. The van der Waals surface area contributed by atoms with Crippen molar-refractivity contribution in [3.8, 4) is 0 Å². The number of nitrogens with zero attached hydrogens (tertiary/aromatic N) is 2. The lowest BCUT2D eigenvalue weighted by Gasteiger charge is -2.15. The number of hydrogen-bond acceptors (Lipinski definition) is 6. The second-order valence-electron chi connectivity index (χ2n) is 6.13. The highest BCUT2D eigenvalue weighted by atomic mass is 19.1. The average Bonchev–Trinajstić information content (AvgIpc) is 2.74. The molecule has 0 saturated carbocycles. The number of halogens is 1. The SMILES string of the molecule is CCOC(=O)/C(=C/c1ccccn1)n1cc(C(=O)OCC)c(=O)c2cc(F)ccc21. The first-order chi connectivity index (χ1) is 14.5. The van der Waals surface area contributed by atoms with E-state index in [2.05, 4.69) is 4.98 Å². The number of hydrogen-bond donors (Lipinski definition) is 0. The first kappa shape index (κ1) is 20.9. The number of carbonyl (C=O) groups excluding carboxylic acids is 2.